The van der Waals surface area contributed by atoms with Gasteiger partial charge in [0.15, 0.2) is 0 Å². The third-order valence-electron chi connectivity index (χ3n) is 3.45. The number of aromatic nitrogens is 2. The van der Waals surface area contributed by atoms with Gasteiger partial charge in [-0.25, -0.2) is 14.8 Å². The first kappa shape index (κ1) is 15.3. The molecule has 116 valence electrons. The van der Waals surface area contributed by atoms with Crippen molar-refractivity contribution in [3.8, 4) is 0 Å². The first-order valence-corrected chi connectivity index (χ1v) is 6.46. The standard InChI is InChI=1S/C12H15F3N4O2/c1-2-9-7-18(3-4-19(9)11(20)21)10-16-5-8(6-17-10)12(13,14)15/h5-6,9H,2-4,7H2,1H3,(H,20,21)/t9-/m1/s1. The lowest BCUT2D eigenvalue weighted by Crippen LogP contribution is -2.55. The maximum absolute atomic E-state index is 12.5. The fourth-order valence-electron chi connectivity index (χ4n) is 2.27. The van der Waals surface area contributed by atoms with Gasteiger partial charge < -0.3 is 14.9 Å². The molecule has 0 bridgehead atoms. The Morgan fingerprint density at radius 3 is 2.48 bits per heavy atom. The maximum atomic E-state index is 12.5. The first-order chi connectivity index (χ1) is 9.82. The number of halogens is 3. The molecular weight excluding hydrogens is 289 g/mol. The molecule has 0 spiro atoms. The fourth-order valence-corrected chi connectivity index (χ4v) is 2.27. The number of hydrogen-bond donors (Lipinski definition) is 1. The summed E-state index contributed by atoms with van der Waals surface area (Å²) in [6.07, 6.45) is -3.36. The zero-order valence-electron chi connectivity index (χ0n) is 11.3. The molecule has 1 amide bonds. The number of rotatable bonds is 2. The lowest BCUT2D eigenvalue weighted by molar-refractivity contribution is -0.138. The molecule has 1 aliphatic heterocycles. The minimum atomic E-state index is -4.47. The van der Waals surface area contributed by atoms with Gasteiger partial charge in [-0.1, -0.05) is 6.92 Å². The Bertz CT molecular complexity index is 506. The summed E-state index contributed by atoms with van der Waals surface area (Å²) in [4.78, 5) is 21.6. The number of piperazine rings is 1. The van der Waals surface area contributed by atoms with E-state index in [0.29, 0.717) is 19.5 Å². The number of anilines is 1. The Morgan fingerprint density at radius 2 is 2.00 bits per heavy atom. The molecule has 0 saturated carbocycles. The summed E-state index contributed by atoms with van der Waals surface area (Å²) in [5.41, 5.74) is -0.900. The molecule has 1 saturated heterocycles. The molecule has 1 N–H and O–H groups in total. The smallest absolute Gasteiger partial charge is 0.419 e. The predicted octanol–water partition coefficient (Wildman–Crippen LogP) is 2.07. The monoisotopic (exact) mass is 304 g/mol. The van der Waals surface area contributed by atoms with Crippen molar-refractivity contribution in [2.24, 2.45) is 0 Å². The van der Waals surface area contributed by atoms with Gasteiger partial charge in [0.25, 0.3) is 0 Å². The van der Waals surface area contributed by atoms with Crippen LogP contribution in [0.1, 0.15) is 18.9 Å². The Hall–Kier alpha value is -2.06. The SMILES string of the molecule is CC[C@@H]1CN(c2ncc(C(F)(F)F)cn2)CCN1C(=O)O. The highest BCUT2D eigenvalue weighted by atomic mass is 19.4. The van der Waals surface area contributed by atoms with Crippen LogP contribution in [0.25, 0.3) is 0 Å². The quantitative estimate of drug-likeness (QED) is 0.906. The molecule has 2 rings (SSSR count). The van der Waals surface area contributed by atoms with E-state index in [0.717, 1.165) is 12.4 Å². The average Bonchev–Trinajstić information content (AvgIpc) is 2.45. The lowest BCUT2D eigenvalue weighted by Gasteiger charge is -2.39. The molecule has 0 aromatic carbocycles. The summed E-state index contributed by atoms with van der Waals surface area (Å²) in [6, 6.07) is -0.220. The highest BCUT2D eigenvalue weighted by Gasteiger charge is 2.33. The summed E-state index contributed by atoms with van der Waals surface area (Å²) in [7, 11) is 0. The van der Waals surface area contributed by atoms with Crippen LogP contribution in [0.15, 0.2) is 12.4 Å². The molecule has 1 aliphatic rings. The highest BCUT2D eigenvalue weighted by Crippen LogP contribution is 2.28. The number of carbonyl (C=O) groups is 1. The summed E-state index contributed by atoms with van der Waals surface area (Å²) in [5.74, 6) is 0.187. The van der Waals surface area contributed by atoms with Gasteiger partial charge in [-0.3, -0.25) is 0 Å². The van der Waals surface area contributed by atoms with E-state index < -0.39 is 17.8 Å². The molecule has 0 unspecified atom stereocenters. The predicted molar refractivity (Wildman–Crippen MR) is 68.1 cm³/mol. The van der Waals surface area contributed by atoms with E-state index in [1.807, 2.05) is 6.92 Å². The van der Waals surface area contributed by atoms with Crippen molar-refractivity contribution in [3.05, 3.63) is 18.0 Å². The molecule has 0 radical (unpaired) electrons. The van der Waals surface area contributed by atoms with Crippen LogP contribution in [0.5, 0.6) is 0 Å². The van der Waals surface area contributed by atoms with E-state index in [2.05, 4.69) is 9.97 Å². The topological polar surface area (TPSA) is 69.6 Å². The van der Waals surface area contributed by atoms with Crippen molar-refractivity contribution < 1.29 is 23.1 Å². The van der Waals surface area contributed by atoms with Crippen molar-refractivity contribution in [1.82, 2.24) is 14.9 Å². The minimum absolute atomic E-state index is 0.187. The van der Waals surface area contributed by atoms with Gasteiger partial charge in [0.1, 0.15) is 0 Å². The van der Waals surface area contributed by atoms with Crippen molar-refractivity contribution in [2.75, 3.05) is 24.5 Å². The number of nitrogens with zero attached hydrogens (tertiary/aromatic N) is 4. The van der Waals surface area contributed by atoms with Crippen molar-refractivity contribution in [2.45, 2.75) is 25.6 Å². The zero-order chi connectivity index (χ0) is 15.6. The normalized spacial score (nSPS) is 19.7. The van der Waals surface area contributed by atoms with Crippen LogP contribution in [0.3, 0.4) is 0 Å². The maximum Gasteiger partial charge on any atom is 0.419 e. The molecule has 9 heteroatoms. The number of hydrogen-bond acceptors (Lipinski definition) is 4. The Balaban J connectivity index is 2.11. The molecule has 1 aromatic heterocycles. The Labute approximate surface area is 119 Å². The molecule has 0 aliphatic carbocycles. The lowest BCUT2D eigenvalue weighted by atomic mass is 10.1. The Kier molecular flexibility index (Phi) is 4.19. The van der Waals surface area contributed by atoms with E-state index >= 15 is 0 Å². The van der Waals surface area contributed by atoms with Crippen LogP contribution < -0.4 is 4.90 Å². The van der Waals surface area contributed by atoms with Crippen molar-refractivity contribution in [1.29, 1.82) is 0 Å². The summed E-state index contributed by atoms with van der Waals surface area (Å²) in [6.45, 7) is 2.86. The number of carboxylic acid groups (broad SMARTS) is 1. The zero-order valence-corrected chi connectivity index (χ0v) is 11.3. The summed E-state index contributed by atoms with van der Waals surface area (Å²) >= 11 is 0. The number of amides is 1. The van der Waals surface area contributed by atoms with Crippen LogP contribution in [-0.2, 0) is 6.18 Å². The summed E-state index contributed by atoms with van der Waals surface area (Å²) < 4.78 is 37.4. The molecule has 1 aromatic rings. The third-order valence-corrected chi connectivity index (χ3v) is 3.45. The third kappa shape index (κ3) is 3.34. The van der Waals surface area contributed by atoms with E-state index in [1.165, 1.54) is 4.90 Å². The molecular formula is C12H15F3N4O2. The van der Waals surface area contributed by atoms with Crippen molar-refractivity contribution >= 4 is 12.0 Å². The molecule has 1 fully saturated rings. The molecule has 1 atom stereocenters. The van der Waals surface area contributed by atoms with Crippen LogP contribution in [0.4, 0.5) is 23.9 Å². The number of alkyl halides is 3. The van der Waals surface area contributed by atoms with Crippen LogP contribution >= 0.6 is 0 Å². The van der Waals surface area contributed by atoms with Gasteiger partial charge in [-0.15, -0.1) is 0 Å². The highest BCUT2D eigenvalue weighted by molar-refractivity contribution is 5.66. The molecule has 21 heavy (non-hydrogen) atoms. The van der Waals surface area contributed by atoms with Crippen LogP contribution in [-0.4, -0.2) is 51.7 Å². The van der Waals surface area contributed by atoms with Gasteiger partial charge in [-0.05, 0) is 6.42 Å². The fraction of sp³-hybridized carbons (Fsp3) is 0.583. The minimum Gasteiger partial charge on any atom is -0.465 e. The Morgan fingerprint density at radius 1 is 1.38 bits per heavy atom. The van der Waals surface area contributed by atoms with Gasteiger partial charge >= 0.3 is 12.3 Å². The first-order valence-electron chi connectivity index (χ1n) is 6.46. The summed E-state index contributed by atoms with van der Waals surface area (Å²) in [5, 5.41) is 9.07. The van der Waals surface area contributed by atoms with Crippen LogP contribution in [0, 0.1) is 0 Å². The average molecular weight is 304 g/mol. The van der Waals surface area contributed by atoms with Gasteiger partial charge in [-0.2, -0.15) is 13.2 Å². The second-order valence-electron chi connectivity index (χ2n) is 4.75. The van der Waals surface area contributed by atoms with Gasteiger partial charge in [0.2, 0.25) is 5.95 Å². The van der Waals surface area contributed by atoms with E-state index in [1.54, 1.807) is 4.90 Å². The molecule has 2 heterocycles. The van der Waals surface area contributed by atoms with Gasteiger partial charge in [0.05, 0.1) is 11.6 Å². The van der Waals surface area contributed by atoms with Gasteiger partial charge in [0, 0.05) is 32.0 Å². The van der Waals surface area contributed by atoms with E-state index in [-0.39, 0.29) is 18.5 Å². The second kappa shape index (κ2) is 5.74. The second-order valence-corrected chi connectivity index (χ2v) is 4.75. The van der Waals surface area contributed by atoms with E-state index in [9.17, 15) is 18.0 Å². The van der Waals surface area contributed by atoms with E-state index in [4.69, 9.17) is 5.11 Å². The van der Waals surface area contributed by atoms with Crippen molar-refractivity contribution in [3.63, 3.8) is 0 Å². The molecule has 6 nitrogen and oxygen atoms in total. The van der Waals surface area contributed by atoms with Crippen LogP contribution in [0.2, 0.25) is 0 Å². The largest absolute Gasteiger partial charge is 0.465 e.